The highest BCUT2D eigenvalue weighted by Crippen LogP contribution is 2.48. The maximum absolute atomic E-state index is 6.08. The number of halogens is 2. The van der Waals surface area contributed by atoms with Crippen LogP contribution in [-0.2, 0) is 5.41 Å². The molecule has 1 aliphatic carbocycles. The third-order valence-electron chi connectivity index (χ3n) is 3.53. The lowest BCUT2D eigenvalue weighted by Crippen LogP contribution is -2.38. The molecule has 21 heavy (non-hydrogen) atoms. The van der Waals surface area contributed by atoms with Crippen LogP contribution < -0.4 is 10.6 Å². The van der Waals surface area contributed by atoms with Crippen molar-refractivity contribution < 1.29 is 0 Å². The van der Waals surface area contributed by atoms with Crippen molar-refractivity contribution in [2.24, 2.45) is 4.99 Å². The Morgan fingerprint density at radius 1 is 1.43 bits per heavy atom. The number of terminal acetylenes is 1. The first-order valence-electron chi connectivity index (χ1n) is 6.92. The Balaban J connectivity index is 0.00000220. The van der Waals surface area contributed by atoms with E-state index in [1.807, 2.05) is 25.1 Å². The van der Waals surface area contributed by atoms with Crippen molar-refractivity contribution in [1.82, 2.24) is 10.6 Å². The zero-order chi connectivity index (χ0) is 14.4. The Labute approximate surface area is 149 Å². The smallest absolute Gasteiger partial charge is 0.192 e. The molecule has 0 radical (unpaired) electrons. The molecule has 1 aromatic carbocycles. The maximum Gasteiger partial charge on any atom is 0.192 e. The molecule has 0 amide bonds. The molecule has 0 aliphatic heterocycles. The van der Waals surface area contributed by atoms with Gasteiger partial charge in [0.25, 0.3) is 0 Å². The van der Waals surface area contributed by atoms with Crippen LogP contribution in [0.3, 0.4) is 0 Å². The molecule has 0 bridgehead atoms. The minimum absolute atomic E-state index is 0. The number of nitrogens with zero attached hydrogens (tertiary/aromatic N) is 1. The van der Waals surface area contributed by atoms with Crippen molar-refractivity contribution in [3.05, 3.63) is 34.9 Å². The second kappa shape index (κ2) is 8.50. The molecule has 0 spiro atoms. The topological polar surface area (TPSA) is 36.4 Å². The van der Waals surface area contributed by atoms with E-state index in [1.54, 1.807) is 0 Å². The summed E-state index contributed by atoms with van der Waals surface area (Å²) in [7, 11) is 0. The Morgan fingerprint density at radius 3 is 2.76 bits per heavy atom. The Morgan fingerprint density at radius 2 is 2.19 bits per heavy atom. The van der Waals surface area contributed by atoms with E-state index in [0.717, 1.165) is 36.9 Å². The lowest BCUT2D eigenvalue weighted by Gasteiger charge is -2.15. The van der Waals surface area contributed by atoms with Crippen LogP contribution in [0.2, 0.25) is 5.02 Å². The number of hydrogen-bond acceptors (Lipinski definition) is 1. The van der Waals surface area contributed by atoms with Gasteiger partial charge in [-0.15, -0.1) is 30.4 Å². The van der Waals surface area contributed by atoms with E-state index in [9.17, 15) is 0 Å². The van der Waals surface area contributed by atoms with Crippen LogP contribution in [-0.4, -0.2) is 25.6 Å². The highest BCUT2D eigenvalue weighted by Gasteiger charge is 2.44. The lowest BCUT2D eigenvalue weighted by molar-refractivity contribution is 0.696. The summed E-state index contributed by atoms with van der Waals surface area (Å²) in [5.41, 5.74) is 1.44. The van der Waals surface area contributed by atoms with Crippen LogP contribution in [0.25, 0.3) is 0 Å². The van der Waals surface area contributed by atoms with Gasteiger partial charge in [-0.1, -0.05) is 29.7 Å². The first kappa shape index (κ1) is 18.1. The van der Waals surface area contributed by atoms with Gasteiger partial charge in [0.1, 0.15) is 0 Å². The number of hydrogen-bond donors (Lipinski definition) is 2. The van der Waals surface area contributed by atoms with E-state index in [1.165, 1.54) is 5.56 Å². The van der Waals surface area contributed by atoms with Crippen molar-refractivity contribution in [2.45, 2.75) is 25.2 Å². The largest absolute Gasteiger partial charge is 0.357 e. The molecule has 0 atom stereocenters. The van der Waals surface area contributed by atoms with Gasteiger partial charge in [0.15, 0.2) is 5.96 Å². The lowest BCUT2D eigenvalue weighted by atomic mass is 9.96. The average molecular weight is 418 g/mol. The molecule has 1 saturated carbocycles. The fourth-order valence-corrected chi connectivity index (χ4v) is 2.40. The van der Waals surface area contributed by atoms with Crippen LogP contribution in [0.1, 0.15) is 25.3 Å². The summed E-state index contributed by atoms with van der Waals surface area (Å²) in [5.74, 6) is 3.34. The normalized spacial score (nSPS) is 15.6. The standard InChI is InChI=1S/C16H20ClN3.HI/c1-3-10-19-15(18-4-2)20-12-16(8-9-16)13-6-5-7-14(17)11-13;/h1,5-7,11H,4,8-10,12H2,2H3,(H2,18,19,20);1H. The third kappa shape index (κ3) is 5.08. The SMILES string of the molecule is C#CCNC(=NCC1(c2cccc(Cl)c2)CC1)NCC.I. The van der Waals surface area contributed by atoms with E-state index in [4.69, 9.17) is 18.0 Å². The predicted octanol–water partition coefficient (Wildman–Crippen LogP) is 3.18. The van der Waals surface area contributed by atoms with Crippen molar-refractivity contribution in [3.63, 3.8) is 0 Å². The van der Waals surface area contributed by atoms with Crippen LogP contribution in [0.4, 0.5) is 0 Å². The van der Waals surface area contributed by atoms with Gasteiger partial charge < -0.3 is 10.6 Å². The van der Waals surface area contributed by atoms with Crippen molar-refractivity contribution in [2.75, 3.05) is 19.6 Å². The molecule has 2 rings (SSSR count). The van der Waals surface area contributed by atoms with Crippen LogP contribution in [0.15, 0.2) is 29.3 Å². The summed E-state index contributed by atoms with van der Waals surface area (Å²) in [4.78, 5) is 4.65. The molecule has 0 aromatic heterocycles. The van der Waals surface area contributed by atoms with Gasteiger partial charge in [-0.25, -0.2) is 0 Å². The summed E-state index contributed by atoms with van der Waals surface area (Å²) in [6.07, 6.45) is 7.58. The second-order valence-electron chi connectivity index (χ2n) is 5.04. The highest BCUT2D eigenvalue weighted by molar-refractivity contribution is 14.0. The van der Waals surface area contributed by atoms with Gasteiger partial charge in [-0.2, -0.15) is 0 Å². The van der Waals surface area contributed by atoms with Crippen molar-refractivity contribution in [3.8, 4) is 12.3 Å². The zero-order valence-corrected chi connectivity index (χ0v) is 15.2. The average Bonchev–Trinajstić information content (AvgIpc) is 3.23. The number of rotatable bonds is 5. The van der Waals surface area contributed by atoms with E-state index in [2.05, 4.69) is 27.6 Å². The van der Waals surface area contributed by atoms with Crippen LogP contribution >= 0.6 is 35.6 Å². The summed E-state index contributed by atoms with van der Waals surface area (Å²) in [6, 6.07) is 8.09. The van der Waals surface area contributed by atoms with Gasteiger partial charge in [0.2, 0.25) is 0 Å². The predicted molar refractivity (Wildman–Crippen MR) is 101 cm³/mol. The van der Waals surface area contributed by atoms with Gasteiger partial charge in [0.05, 0.1) is 13.1 Å². The molecule has 1 aliphatic rings. The van der Waals surface area contributed by atoms with Gasteiger partial charge in [-0.05, 0) is 37.5 Å². The third-order valence-corrected chi connectivity index (χ3v) is 3.77. The van der Waals surface area contributed by atoms with E-state index < -0.39 is 0 Å². The Kier molecular flexibility index (Phi) is 7.33. The van der Waals surface area contributed by atoms with E-state index in [-0.39, 0.29) is 29.4 Å². The van der Waals surface area contributed by atoms with Gasteiger partial charge in [0, 0.05) is 17.0 Å². The molecule has 5 heteroatoms. The molecule has 3 nitrogen and oxygen atoms in total. The molecule has 1 fully saturated rings. The van der Waals surface area contributed by atoms with E-state index in [0.29, 0.717) is 6.54 Å². The first-order chi connectivity index (χ1) is 9.70. The van der Waals surface area contributed by atoms with Crippen LogP contribution in [0.5, 0.6) is 0 Å². The Bertz CT molecular complexity index is 533. The molecule has 0 heterocycles. The molecule has 2 N–H and O–H groups in total. The van der Waals surface area contributed by atoms with Gasteiger partial charge >= 0.3 is 0 Å². The molecular weight excluding hydrogens is 397 g/mol. The minimum Gasteiger partial charge on any atom is -0.357 e. The fraction of sp³-hybridized carbons (Fsp3) is 0.438. The monoisotopic (exact) mass is 417 g/mol. The molecule has 1 aromatic rings. The summed E-state index contributed by atoms with van der Waals surface area (Å²) in [6.45, 7) is 4.10. The quantitative estimate of drug-likeness (QED) is 0.334. The minimum atomic E-state index is 0. The Hall–Kier alpha value is -0.930. The highest BCUT2D eigenvalue weighted by atomic mass is 127. The summed E-state index contributed by atoms with van der Waals surface area (Å²) < 4.78 is 0. The second-order valence-corrected chi connectivity index (χ2v) is 5.48. The van der Waals surface area contributed by atoms with Crippen LogP contribution in [0, 0.1) is 12.3 Å². The summed E-state index contributed by atoms with van der Waals surface area (Å²) >= 11 is 6.08. The number of nitrogens with one attached hydrogen (secondary N) is 2. The summed E-state index contributed by atoms with van der Waals surface area (Å²) in [5, 5.41) is 7.10. The van der Waals surface area contributed by atoms with Gasteiger partial charge in [-0.3, -0.25) is 4.99 Å². The first-order valence-corrected chi connectivity index (χ1v) is 7.30. The van der Waals surface area contributed by atoms with Crippen molar-refractivity contribution in [1.29, 1.82) is 0 Å². The number of guanidine groups is 1. The fourth-order valence-electron chi connectivity index (χ4n) is 2.21. The number of aliphatic imine (C=N–C) groups is 1. The zero-order valence-electron chi connectivity index (χ0n) is 12.2. The molecular formula is C16H21ClIN3. The molecule has 0 unspecified atom stereocenters. The van der Waals surface area contributed by atoms with Crippen molar-refractivity contribution >= 4 is 41.5 Å². The molecule has 0 saturated heterocycles. The van der Waals surface area contributed by atoms with E-state index >= 15 is 0 Å². The number of benzene rings is 1. The maximum atomic E-state index is 6.08. The molecule has 114 valence electrons.